The lowest BCUT2D eigenvalue weighted by Gasteiger charge is -2.28. The van der Waals surface area contributed by atoms with Gasteiger partial charge < -0.3 is 30.0 Å². The highest BCUT2D eigenvalue weighted by Crippen LogP contribution is 2.38. The van der Waals surface area contributed by atoms with Gasteiger partial charge in [-0.2, -0.15) is 0 Å². The summed E-state index contributed by atoms with van der Waals surface area (Å²) in [6.07, 6.45) is 2.28. The van der Waals surface area contributed by atoms with Crippen molar-refractivity contribution in [1.29, 1.82) is 0 Å². The maximum Gasteiger partial charge on any atom is 0.255 e. The predicted octanol–water partition coefficient (Wildman–Crippen LogP) is 2.14. The fraction of sp³-hybridized carbons (Fsp3) is 0.417. The number of nitrogens with two attached hydrogens (primary N) is 1. The van der Waals surface area contributed by atoms with Crippen molar-refractivity contribution >= 4 is 11.8 Å². The number of methoxy groups -OCH3 is 3. The summed E-state index contributed by atoms with van der Waals surface area (Å²) in [7, 11) is 4.53. The molecule has 0 radical (unpaired) electrons. The van der Waals surface area contributed by atoms with Crippen molar-refractivity contribution in [2.45, 2.75) is 18.9 Å². The summed E-state index contributed by atoms with van der Waals surface area (Å²) in [4.78, 5) is 26.5. The molecule has 1 aliphatic heterocycles. The molecule has 178 valence electrons. The Morgan fingerprint density at radius 2 is 1.61 bits per heavy atom. The van der Waals surface area contributed by atoms with E-state index in [1.54, 1.807) is 19.2 Å². The number of benzene rings is 2. The minimum absolute atomic E-state index is 0.0457. The Bertz CT molecular complexity index is 932. The van der Waals surface area contributed by atoms with Crippen molar-refractivity contribution in [2.24, 2.45) is 5.73 Å². The number of primary amides is 1. The van der Waals surface area contributed by atoms with Gasteiger partial charge in [-0.05, 0) is 55.8 Å². The summed E-state index contributed by atoms with van der Waals surface area (Å²) in [6, 6.07) is 11.1. The van der Waals surface area contributed by atoms with Crippen LogP contribution < -0.4 is 30.0 Å². The second-order valence-corrected chi connectivity index (χ2v) is 7.71. The number of ether oxygens (including phenoxy) is 4. The van der Waals surface area contributed by atoms with Crippen molar-refractivity contribution in [2.75, 3.05) is 47.6 Å². The van der Waals surface area contributed by atoms with Crippen molar-refractivity contribution < 1.29 is 28.5 Å². The zero-order valence-electron chi connectivity index (χ0n) is 19.3. The maximum atomic E-state index is 13.0. The van der Waals surface area contributed by atoms with Gasteiger partial charge in [0.1, 0.15) is 5.75 Å². The summed E-state index contributed by atoms with van der Waals surface area (Å²) in [6.45, 7) is 2.08. The molecule has 2 amide bonds. The number of carbonyl (C=O) groups is 2. The fourth-order valence-corrected chi connectivity index (χ4v) is 3.93. The molecule has 2 aromatic rings. The predicted molar refractivity (Wildman–Crippen MR) is 123 cm³/mol. The van der Waals surface area contributed by atoms with Crippen LogP contribution in [0.1, 0.15) is 34.8 Å². The number of hydrogen-bond donors (Lipinski definition) is 2. The Morgan fingerprint density at radius 1 is 1.00 bits per heavy atom. The van der Waals surface area contributed by atoms with E-state index in [2.05, 4.69) is 10.2 Å². The highest BCUT2D eigenvalue weighted by atomic mass is 16.5. The largest absolute Gasteiger partial charge is 0.497 e. The summed E-state index contributed by atoms with van der Waals surface area (Å²) >= 11 is 0. The van der Waals surface area contributed by atoms with Crippen molar-refractivity contribution in [3.63, 3.8) is 0 Å². The monoisotopic (exact) mass is 457 g/mol. The molecule has 1 atom stereocenters. The second kappa shape index (κ2) is 11.4. The molecule has 0 spiro atoms. The Balaban J connectivity index is 1.78. The Labute approximate surface area is 193 Å². The van der Waals surface area contributed by atoms with Crippen LogP contribution in [0.4, 0.5) is 0 Å². The first-order valence-electron chi connectivity index (χ1n) is 10.8. The lowest BCUT2D eigenvalue weighted by atomic mass is 10.0. The van der Waals surface area contributed by atoms with E-state index in [0.29, 0.717) is 12.1 Å². The molecule has 9 nitrogen and oxygen atoms in total. The Kier molecular flexibility index (Phi) is 8.37. The summed E-state index contributed by atoms with van der Waals surface area (Å²) in [5.41, 5.74) is 6.63. The van der Waals surface area contributed by atoms with Gasteiger partial charge in [-0.25, -0.2) is 0 Å². The van der Waals surface area contributed by atoms with Gasteiger partial charge in [0.25, 0.3) is 11.8 Å². The maximum absolute atomic E-state index is 13.0. The van der Waals surface area contributed by atoms with Gasteiger partial charge in [0, 0.05) is 12.1 Å². The molecule has 0 aromatic heterocycles. The number of likely N-dealkylation sites (tertiary alicyclic amines) is 1. The molecule has 1 fully saturated rings. The van der Waals surface area contributed by atoms with Crippen LogP contribution in [-0.2, 0) is 4.79 Å². The molecular weight excluding hydrogens is 426 g/mol. The van der Waals surface area contributed by atoms with Crippen LogP contribution in [0.15, 0.2) is 36.4 Å². The van der Waals surface area contributed by atoms with Crippen molar-refractivity contribution in [1.82, 2.24) is 10.2 Å². The number of hydrogen-bond acceptors (Lipinski definition) is 7. The molecule has 1 aliphatic rings. The van der Waals surface area contributed by atoms with E-state index in [1.807, 2.05) is 24.3 Å². The first-order valence-corrected chi connectivity index (χ1v) is 10.8. The molecule has 0 saturated carbocycles. The normalized spacial score (nSPS) is 14.4. The van der Waals surface area contributed by atoms with Crippen LogP contribution in [-0.4, -0.2) is 64.3 Å². The van der Waals surface area contributed by atoms with Crippen LogP contribution in [0, 0.1) is 0 Å². The lowest BCUT2D eigenvalue weighted by Crippen LogP contribution is -2.36. The molecule has 9 heteroatoms. The number of carbonyl (C=O) groups excluding carboxylic acids is 2. The quantitative estimate of drug-likeness (QED) is 0.532. The average Bonchev–Trinajstić information content (AvgIpc) is 3.37. The van der Waals surface area contributed by atoms with Crippen LogP contribution >= 0.6 is 0 Å². The molecule has 0 aliphatic carbocycles. The first kappa shape index (κ1) is 24.2. The van der Waals surface area contributed by atoms with E-state index in [4.69, 9.17) is 24.7 Å². The number of amides is 2. The van der Waals surface area contributed by atoms with Crippen LogP contribution in [0.2, 0.25) is 0 Å². The van der Waals surface area contributed by atoms with E-state index < -0.39 is 5.91 Å². The zero-order valence-corrected chi connectivity index (χ0v) is 19.3. The number of rotatable bonds is 11. The van der Waals surface area contributed by atoms with E-state index in [9.17, 15) is 9.59 Å². The summed E-state index contributed by atoms with van der Waals surface area (Å²) in [5.74, 6) is 0.640. The van der Waals surface area contributed by atoms with E-state index >= 15 is 0 Å². The van der Waals surface area contributed by atoms with Crippen molar-refractivity contribution in [3.05, 3.63) is 47.5 Å². The van der Waals surface area contributed by atoms with Crippen molar-refractivity contribution in [3.8, 4) is 23.0 Å². The second-order valence-electron chi connectivity index (χ2n) is 7.71. The first-order chi connectivity index (χ1) is 16.0. The number of nitrogens with zero attached hydrogens (tertiary/aromatic N) is 1. The van der Waals surface area contributed by atoms with Crippen LogP contribution in [0.3, 0.4) is 0 Å². The standard InChI is InChI=1S/C24H31N3O6/c1-30-18-8-6-16(7-9-18)19(27-10-4-5-11-27)14-26-24(29)17-12-20(31-2)23(21(13-17)32-3)33-15-22(25)28/h6-9,12-13,19H,4-5,10-11,14-15H2,1-3H3,(H2,25,28)(H,26,29). The Hall–Kier alpha value is -3.46. The molecule has 1 saturated heterocycles. The zero-order chi connectivity index (χ0) is 23.8. The highest BCUT2D eigenvalue weighted by molar-refractivity contribution is 5.95. The molecule has 3 N–H and O–H groups in total. The Morgan fingerprint density at radius 3 is 2.12 bits per heavy atom. The molecule has 1 heterocycles. The third-order valence-corrected chi connectivity index (χ3v) is 5.62. The van der Waals surface area contributed by atoms with E-state index in [-0.39, 0.29) is 35.8 Å². The summed E-state index contributed by atoms with van der Waals surface area (Å²) in [5, 5.41) is 3.04. The minimum Gasteiger partial charge on any atom is -0.497 e. The topological polar surface area (TPSA) is 112 Å². The van der Waals surface area contributed by atoms with Crippen LogP contribution in [0.5, 0.6) is 23.0 Å². The molecule has 1 unspecified atom stereocenters. The number of nitrogens with one attached hydrogen (secondary N) is 1. The van der Waals surface area contributed by atoms with Gasteiger partial charge in [0.2, 0.25) is 5.75 Å². The van der Waals surface area contributed by atoms with Crippen LogP contribution in [0.25, 0.3) is 0 Å². The van der Waals surface area contributed by atoms with Gasteiger partial charge in [0.05, 0.1) is 27.4 Å². The third-order valence-electron chi connectivity index (χ3n) is 5.62. The molecule has 2 aromatic carbocycles. The SMILES string of the molecule is COc1ccc(C(CNC(=O)c2cc(OC)c(OCC(N)=O)c(OC)c2)N2CCCC2)cc1. The third kappa shape index (κ3) is 6.07. The van der Waals surface area contributed by atoms with E-state index in [0.717, 1.165) is 37.2 Å². The highest BCUT2D eigenvalue weighted by Gasteiger charge is 2.25. The summed E-state index contributed by atoms with van der Waals surface area (Å²) < 4.78 is 21.4. The molecular formula is C24H31N3O6. The smallest absolute Gasteiger partial charge is 0.255 e. The lowest BCUT2D eigenvalue weighted by molar-refractivity contribution is -0.120. The minimum atomic E-state index is -0.632. The fourth-order valence-electron chi connectivity index (χ4n) is 3.93. The van der Waals surface area contributed by atoms with Gasteiger partial charge in [-0.3, -0.25) is 14.5 Å². The molecule has 33 heavy (non-hydrogen) atoms. The van der Waals surface area contributed by atoms with Gasteiger partial charge in [0.15, 0.2) is 18.1 Å². The molecule has 3 rings (SSSR count). The van der Waals surface area contributed by atoms with E-state index in [1.165, 1.54) is 14.2 Å². The van der Waals surface area contributed by atoms with Gasteiger partial charge in [-0.15, -0.1) is 0 Å². The van der Waals surface area contributed by atoms with Gasteiger partial charge >= 0.3 is 0 Å². The van der Waals surface area contributed by atoms with Gasteiger partial charge in [-0.1, -0.05) is 12.1 Å². The average molecular weight is 458 g/mol. The molecule has 0 bridgehead atoms.